The van der Waals surface area contributed by atoms with Gasteiger partial charge < -0.3 is 19.8 Å². The predicted molar refractivity (Wildman–Crippen MR) is 134 cm³/mol. The number of nitrogens with one attached hydrogen (secondary N) is 2. The Morgan fingerprint density at radius 1 is 1.26 bits per heavy atom. The number of methoxy groups -OCH3 is 1. The lowest BCUT2D eigenvalue weighted by Crippen LogP contribution is -2.47. The van der Waals surface area contributed by atoms with Gasteiger partial charge in [-0.15, -0.1) is 0 Å². The summed E-state index contributed by atoms with van der Waals surface area (Å²) in [7, 11) is 1.62. The molecule has 2 aromatic carbocycles. The van der Waals surface area contributed by atoms with E-state index in [1.54, 1.807) is 25.3 Å². The zero-order chi connectivity index (χ0) is 23.9. The molecule has 180 valence electrons. The molecule has 9 heteroatoms. The number of morpholine rings is 1. The maximum absolute atomic E-state index is 12.8. The fourth-order valence-electron chi connectivity index (χ4n) is 4.16. The van der Waals surface area contributed by atoms with E-state index in [1.807, 2.05) is 18.2 Å². The van der Waals surface area contributed by atoms with Crippen molar-refractivity contribution in [1.82, 2.24) is 19.8 Å². The van der Waals surface area contributed by atoms with Gasteiger partial charge in [-0.25, -0.2) is 0 Å². The van der Waals surface area contributed by atoms with Gasteiger partial charge in [0.15, 0.2) is 4.77 Å². The Morgan fingerprint density at radius 2 is 2.09 bits per heavy atom. The molecule has 1 aliphatic rings. The second-order valence-corrected chi connectivity index (χ2v) is 8.80. The molecule has 4 rings (SSSR count). The molecule has 34 heavy (non-hydrogen) atoms. The van der Waals surface area contributed by atoms with Crippen molar-refractivity contribution in [2.24, 2.45) is 0 Å². The number of fused-ring (bicyclic) bond motifs is 1. The number of carbonyl (C=O) groups is 1. The zero-order valence-corrected chi connectivity index (χ0v) is 20.1. The minimum atomic E-state index is -0.214. The maximum atomic E-state index is 12.8. The summed E-state index contributed by atoms with van der Waals surface area (Å²) < 4.78 is 12.8. The van der Waals surface area contributed by atoms with Gasteiger partial charge >= 0.3 is 0 Å². The van der Waals surface area contributed by atoms with Crippen LogP contribution in [0.2, 0.25) is 0 Å². The number of amides is 1. The molecule has 0 aliphatic carbocycles. The molecule has 0 saturated carbocycles. The van der Waals surface area contributed by atoms with Crippen molar-refractivity contribution in [1.29, 1.82) is 0 Å². The van der Waals surface area contributed by atoms with Crippen LogP contribution in [-0.4, -0.2) is 66.4 Å². The molecule has 1 fully saturated rings. The van der Waals surface area contributed by atoms with Crippen LogP contribution in [-0.2, 0) is 22.6 Å². The van der Waals surface area contributed by atoms with Crippen LogP contribution in [0, 0.1) is 4.77 Å². The summed E-state index contributed by atoms with van der Waals surface area (Å²) in [6.45, 7) is 4.56. The highest BCUT2D eigenvalue weighted by atomic mass is 32.1. The van der Waals surface area contributed by atoms with Crippen molar-refractivity contribution in [3.8, 4) is 0 Å². The molecule has 1 saturated heterocycles. The summed E-state index contributed by atoms with van der Waals surface area (Å²) in [6, 6.07) is 15.3. The summed E-state index contributed by atoms with van der Waals surface area (Å²) >= 11 is 5.36. The second kappa shape index (κ2) is 11.5. The minimum absolute atomic E-state index is 0.0769. The number of nitrogens with zero attached hydrogens (tertiary/aromatic N) is 2. The topological polar surface area (TPSA) is 88.6 Å². The van der Waals surface area contributed by atoms with Crippen molar-refractivity contribution in [3.05, 3.63) is 74.8 Å². The lowest BCUT2D eigenvalue weighted by molar-refractivity contribution is -0.0292. The van der Waals surface area contributed by atoms with E-state index in [4.69, 9.17) is 21.7 Å². The van der Waals surface area contributed by atoms with E-state index in [0.29, 0.717) is 54.0 Å². The quantitative estimate of drug-likeness (QED) is 0.360. The van der Waals surface area contributed by atoms with Gasteiger partial charge in [-0.05, 0) is 42.4 Å². The number of aromatic nitrogens is 2. The third-order valence-electron chi connectivity index (χ3n) is 5.94. The average Bonchev–Trinajstić information content (AvgIpc) is 2.85. The molecular formula is C25H30N4O4S. The van der Waals surface area contributed by atoms with Crippen LogP contribution < -0.4 is 10.9 Å². The van der Waals surface area contributed by atoms with E-state index in [-0.39, 0.29) is 17.6 Å². The third kappa shape index (κ3) is 5.98. The first kappa shape index (κ1) is 24.3. The van der Waals surface area contributed by atoms with Crippen LogP contribution in [0.3, 0.4) is 0 Å². The number of H-pyrrole nitrogens is 1. The number of hydrogen-bond donors (Lipinski definition) is 2. The highest BCUT2D eigenvalue weighted by Gasteiger charge is 2.21. The van der Waals surface area contributed by atoms with Gasteiger partial charge in [0.25, 0.3) is 11.5 Å². The maximum Gasteiger partial charge on any atom is 0.262 e. The Bertz CT molecular complexity index is 1240. The lowest BCUT2D eigenvalue weighted by atomic mass is 10.1. The van der Waals surface area contributed by atoms with Crippen LogP contribution >= 0.6 is 12.2 Å². The van der Waals surface area contributed by atoms with Gasteiger partial charge in [0.05, 0.1) is 23.6 Å². The van der Waals surface area contributed by atoms with Crippen LogP contribution in [0.15, 0.2) is 53.3 Å². The van der Waals surface area contributed by atoms with Crippen LogP contribution in [0.4, 0.5) is 0 Å². The zero-order valence-electron chi connectivity index (χ0n) is 19.3. The van der Waals surface area contributed by atoms with Crippen LogP contribution in [0.5, 0.6) is 0 Å². The lowest BCUT2D eigenvalue weighted by Gasteiger charge is -2.33. The normalized spacial score (nSPS) is 16.6. The van der Waals surface area contributed by atoms with Gasteiger partial charge in [-0.3, -0.25) is 19.1 Å². The number of hydrogen-bond acceptors (Lipinski definition) is 6. The highest BCUT2D eigenvalue weighted by Crippen LogP contribution is 2.13. The van der Waals surface area contributed by atoms with Gasteiger partial charge in [-0.2, -0.15) is 0 Å². The molecular weight excluding hydrogens is 452 g/mol. The molecule has 2 heterocycles. The van der Waals surface area contributed by atoms with E-state index in [1.165, 1.54) is 10.1 Å². The first-order valence-electron chi connectivity index (χ1n) is 11.5. The van der Waals surface area contributed by atoms with Crippen molar-refractivity contribution < 1.29 is 14.3 Å². The first-order chi connectivity index (χ1) is 16.5. The van der Waals surface area contributed by atoms with Crippen molar-refractivity contribution in [2.75, 3.05) is 40.0 Å². The molecule has 0 radical (unpaired) electrons. The number of ether oxygens (including phenoxy) is 2. The fraction of sp³-hybridized carbons (Fsp3) is 0.400. The van der Waals surface area contributed by atoms with Gasteiger partial charge in [-0.1, -0.05) is 30.3 Å². The fourth-order valence-corrected chi connectivity index (χ4v) is 4.45. The molecule has 0 bridgehead atoms. The van der Waals surface area contributed by atoms with Gasteiger partial charge in [0, 0.05) is 52.0 Å². The molecule has 2 N–H and O–H groups in total. The van der Waals surface area contributed by atoms with E-state index in [0.717, 1.165) is 19.6 Å². The first-order valence-corrected chi connectivity index (χ1v) is 11.9. The van der Waals surface area contributed by atoms with Gasteiger partial charge in [0.2, 0.25) is 0 Å². The summed E-state index contributed by atoms with van der Waals surface area (Å²) in [5, 5.41) is 3.46. The van der Waals surface area contributed by atoms with Crippen molar-refractivity contribution in [3.63, 3.8) is 0 Å². The van der Waals surface area contributed by atoms with Crippen LogP contribution in [0.1, 0.15) is 22.3 Å². The van der Waals surface area contributed by atoms with Crippen LogP contribution in [0.25, 0.3) is 10.9 Å². The van der Waals surface area contributed by atoms with E-state index in [9.17, 15) is 9.59 Å². The number of rotatable bonds is 9. The molecule has 1 aliphatic heterocycles. The SMILES string of the molecule is COCCCn1c(=S)[nH]c2cc(C(=O)NCC3CN(Cc4ccccc4)CCO3)ccc2c1=O. The molecule has 8 nitrogen and oxygen atoms in total. The number of carbonyl (C=O) groups excluding carboxylic acids is 1. The number of benzene rings is 2. The summed E-state index contributed by atoms with van der Waals surface area (Å²) in [5.41, 5.74) is 2.11. The van der Waals surface area contributed by atoms with E-state index < -0.39 is 0 Å². The highest BCUT2D eigenvalue weighted by molar-refractivity contribution is 7.71. The molecule has 3 aromatic rings. The van der Waals surface area contributed by atoms with Crippen molar-refractivity contribution in [2.45, 2.75) is 25.6 Å². The predicted octanol–water partition coefficient (Wildman–Crippen LogP) is 2.73. The monoisotopic (exact) mass is 482 g/mol. The number of aromatic amines is 1. The largest absolute Gasteiger partial charge is 0.385 e. The third-order valence-corrected chi connectivity index (χ3v) is 6.26. The Hall–Kier alpha value is -2.85. The molecule has 1 atom stereocenters. The van der Waals surface area contributed by atoms with Crippen molar-refractivity contribution >= 4 is 29.0 Å². The molecule has 1 amide bonds. The Balaban J connectivity index is 1.38. The Kier molecular flexibility index (Phi) is 8.23. The molecule has 1 unspecified atom stereocenters. The standard InChI is InChI=1S/C25H30N4O4S/c1-32-12-5-10-29-24(31)21-9-8-19(14-22(21)27-25(29)34)23(30)26-15-20-17-28(11-13-33-20)16-18-6-3-2-4-7-18/h2-4,6-9,14,20H,5,10-13,15-17H2,1H3,(H,26,30)(H,27,34). The minimum Gasteiger partial charge on any atom is -0.385 e. The summed E-state index contributed by atoms with van der Waals surface area (Å²) in [5.74, 6) is -0.214. The molecule has 0 spiro atoms. The van der Waals surface area contributed by atoms with E-state index in [2.05, 4.69) is 27.3 Å². The van der Waals surface area contributed by atoms with E-state index >= 15 is 0 Å². The molecule has 1 aromatic heterocycles. The Morgan fingerprint density at radius 3 is 2.88 bits per heavy atom. The second-order valence-electron chi connectivity index (χ2n) is 8.42. The smallest absolute Gasteiger partial charge is 0.262 e. The average molecular weight is 483 g/mol. The Labute approximate surface area is 203 Å². The summed E-state index contributed by atoms with van der Waals surface area (Å²) in [4.78, 5) is 31.0. The van der Waals surface area contributed by atoms with Gasteiger partial charge in [0.1, 0.15) is 0 Å². The summed E-state index contributed by atoms with van der Waals surface area (Å²) in [6.07, 6.45) is 0.610.